The van der Waals surface area contributed by atoms with E-state index >= 15 is 0 Å². The molecule has 2 aromatic carbocycles. The van der Waals surface area contributed by atoms with Crippen molar-refractivity contribution >= 4 is 29.4 Å². The third-order valence-corrected chi connectivity index (χ3v) is 3.57. The van der Waals surface area contributed by atoms with Crippen molar-refractivity contribution in [3.8, 4) is 0 Å². The van der Waals surface area contributed by atoms with Gasteiger partial charge in [0.2, 0.25) is 5.91 Å². The second-order valence-corrected chi connectivity index (χ2v) is 5.69. The number of amides is 2. The van der Waals surface area contributed by atoms with Gasteiger partial charge in [-0.25, -0.2) is 0 Å². The van der Waals surface area contributed by atoms with Crippen LogP contribution in [0.3, 0.4) is 0 Å². The largest absolute Gasteiger partial charge is 0.322 e. The van der Waals surface area contributed by atoms with Crippen LogP contribution in [0.25, 0.3) is 6.08 Å². The maximum absolute atomic E-state index is 12.6. The number of rotatable bonds is 5. The fraction of sp³-hybridized carbons (Fsp3) is 0.150. The number of benzene rings is 2. The number of Topliss-reactive ketones (excluding diaryl/α,β-unsaturated/α-hetero) is 1. The van der Waals surface area contributed by atoms with Crippen LogP contribution in [0, 0.1) is 6.92 Å². The van der Waals surface area contributed by atoms with Gasteiger partial charge in [0.25, 0.3) is 5.91 Å². The molecule has 25 heavy (non-hydrogen) atoms. The molecule has 2 N–H and O–H groups in total. The highest BCUT2D eigenvalue weighted by molar-refractivity contribution is 6.09. The highest BCUT2D eigenvalue weighted by Crippen LogP contribution is 2.15. The third-order valence-electron chi connectivity index (χ3n) is 3.57. The molecule has 0 unspecified atom stereocenters. The monoisotopic (exact) mass is 336 g/mol. The molecule has 0 saturated carbocycles. The molecule has 0 aromatic heterocycles. The van der Waals surface area contributed by atoms with Gasteiger partial charge in [-0.15, -0.1) is 0 Å². The van der Waals surface area contributed by atoms with Gasteiger partial charge in [0.1, 0.15) is 5.70 Å². The summed E-state index contributed by atoms with van der Waals surface area (Å²) in [5, 5.41) is 5.26. The SMILES string of the molecule is CC(=O)NC(=Cc1ccccc1C)C(=O)Nc1cccc(C(C)=O)c1. The maximum Gasteiger partial charge on any atom is 0.272 e. The summed E-state index contributed by atoms with van der Waals surface area (Å²) in [5.74, 6) is -0.889. The summed E-state index contributed by atoms with van der Waals surface area (Å²) < 4.78 is 0. The minimum atomic E-state index is -0.459. The standard InChI is InChI=1S/C20H20N2O3/c1-13-7-4-5-8-16(13)12-19(21-15(3)24)20(25)22-18-10-6-9-17(11-18)14(2)23/h4-12H,1-3H3,(H,21,24)(H,22,25). The van der Waals surface area contributed by atoms with Crippen LogP contribution in [-0.2, 0) is 9.59 Å². The molecule has 2 aromatic rings. The molecular weight excluding hydrogens is 316 g/mol. The van der Waals surface area contributed by atoms with Gasteiger partial charge >= 0.3 is 0 Å². The Hall–Kier alpha value is -3.21. The number of carbonyl (C=O) groups excluding carboxylic acids is 3. The average molecular weight is 336 g/mol. The Bertz CT molecular complexity index is 854. The first-order chi connectivity index (χ1) is 11.9. The van der Waals surface area contributed by atoms with E-state index in [0.717, 1.165) is 11.1 Å². The van der Waals surface area contributed by atoms with E-state index < -0.39 is 5.91 Å². The van der Waals surface area contributed by atoms with Crippen molar-refractivity contribution in [2.75, 3.05) is 5.32 Å². The van der Waals surface area contributed by atoms with Gasteiger partial charge in [0.05, 0.1) is 0 Å². The van der Waals surface area contributed by atoms with Crippen molar-refractivity contribution in [3.05, 3.63) is 70.9 Å². The van der Waals surface area contributed by atoms with Gasteiger partial charge in [-0.2, -0.15) is 0 Å². The van der Waals surface area contributed by atoms with Crippen LogP contribution in [0.2, 0.25) is 0 Å². The Labute approximate surface area is 146 Å². The van der Waals surface area contributed by atoms with Crippen molar-refractivity contribution < 1.29 is 14.4 Å². The second kappa shape index (κ2) is 8.06. The van der Waals surface area contributed by atoms with Crippen molar-refractivity contribution in [2.24, 2.45) is 0 Å². The van der Waals surface area contributed by atoms with Crippen LogP contribution in [0.5, 0.6) is 0 Å². The Balaban J connectivity index is 2.30. The molecule has 5 heteroatoms. The van der Waals surface area contributed by atoms with Crippen molar-refractivity contribution in [1.29, 1.82) is 0 Å². The average Bonchev–Trinajstić information content (AvgIpc) is 2.56. The summed E-state index contributed by atoms with van der Waals surface area (Å²) in [6, 6.07) is 14.2. The Morgan fingerprint density at radius 1 is 0.960 bits per heavy atom. The zero-order chi connectivity index (χ0) is 18.4. The third kappa shape index (κ3) is 5.14. The van der Waals surface area contributed by atoms with Crippen molar-refractivity contribution in [2.45, 2.75) is 20.8 Å². The minimum absolute atomic E-state index is 0.0892. The van der Waals surface area contributed by atoms with Crippen LogP contribution in [0.4, 0.5) is 5.69 Å². The van der Waals surface area contributed by atoms with E-state index in [0.29, 0.717) is 11.3 Å². The van der Waals surface area contributed by atoms with E-state index in [-0.39, 0.29) is 17.4 Å². The van der Waals surface area contributed by atoms with E-state index in [1.807, 2.05) is 31.2 Å². The Morgan fingerprint density at radius 2 is 1.68 bits per heavy atom. The molecule has 5 nitrogen and oxygen atoms in total. The van der Waals surface area contributed by atoms with E-state index in [1.165, 1.54) is 13.8 Å². The predicted molar refractivity (Wildman–Crippen MR) is 98.0 cm³/mol. The van der Waals surface area contributed by atoms with E-state index in [1.54, 1.807) is 30.3 Å². The first-order valence-corrected chi connectivity index (χ1v) is 7.84. The highest BCUT2D eigenvalue weighted by atomic mass is 16.2. The molecule has 0 aliphatic carbocycles. The molecule has 0 atom stereocenters. The van der Waals surface area contributed by atoms with Gasteiger partial charge in [0.15, 0.2) is 5.78 Å². The Kier molecular flexibility index (Phi) is 5.84. The lowest BCUT2D eigenvalue weighted by Gasteiger charge is -2.11. The quantitative estimate of drug-likeness (QED) is 0.650. The molecule has 0 bridgehead atoms. The van der Waals surface area contributed by atoms with Crippen LogP contribution in [-0.4, -0.2) is 17.6 Å². The fourth-order valence-corrected chi connectivity index (χ4v) is 2.27. The van der Waals surface area contributed by atoms with Gasteiger partial charge in [0, 0.05) is 18.2 Å². The number of nitrogens with one attached hydrogen (secondary N) is 2. The zero-order valence-electron chi connectivity index (χ0n) is 14.4. The molecule has 0 fully saturated rings. The summed E-state index contributed by atoms with van der Waals surface area (Å²) in [5.41, 5.74) is 2.94. The van der Waals surface area contributed by atoms with Crippen LogP contribution in [0.15, 0.2) is 54.2 Å². The van der Waals surface area contributed by atoms with Crippen molar-refractivity contribution in [3.63, 3.8) is 0 Å². The predicted octanol–water partition coefficient (Wildman–Crippen LogP) is 3.31. The Morgan fingerprint density at radius 3 is 2.32 bits per heavy atom. The molecule has 0 spiro atoms. The molecule has 0 saturated heterocycles. The fourth-order valence-electron chi connectivity index (χ4n) is 2.27. The normalized spacial score (nSPS) is 10.9. The van der Waals surface area contributed by atoms with Crippen LogP contribution in [0.1, 0.15) is 35.3 Å². The van der Waals surface area contributed by atoms with E-state index in [2.05, 4.69) is 10.6 Å². The summed E-state index contributed by atoms with van der Waals surface area (Å²) >= 11 is 0. The topological polar surface area (TPSA) is 75.3 Å². The molecule has 0 aliphatic rings. The molecule has 2 amide bonds. The van der Waals surface area contributed by atoms with Gasteiger partial charge in [-0.3, -0.25) is 14.4 Å². The lowest BCUT2D eigenvalue weighted by molar-refractivity contribution is -0.120. The van der Waals surface area contributed by atoms with Crippen LogP contribution >= 0.6 is 0 Å². The van der Waals surface area contributed by atoms with Gasteiger partial charge in [-0.05, 0) is 43.2 Å². The summed E-state index contributed by atoms with van der Waals surface area (Å²) in [4.78, 5) is 35.5. The number of carbonyl (C=O) groups is 3. The summed E-state index contributed by atoms with van der Waals surface area (Å²) in [6.45, 7) is 4.72. The molecule has 0 heterocycles. The lowest BCUT2D eigenvalue weighted by Crippen LogP contribution is -2.29. The van der Waals surface area contributed by atoms with Gasteiger partial charge in [-0.1, -0.05) is 36.4 Å². The second-order valence-electron chi connectivity index (χ2n) is 5.69. The van der Waals surface area contributed by atoms with Crippen molar-refractivity contribution in [1.82, 2.24) is 5.32 Å². The first kappa shape index (κ1) is 18.1. The zero-order valence-corrected chi connectivity index (χ0v) is 14.4. The van der Waals surface area contributed by atoms with Crippen LogP contribution < -0.4 is 10.6 Å². The van der Waals surface area contributed by atoms with Gasteiger partial charge < -0.3 is 10.6 Å². The maximum atomic E-state index is 12.6. The molecule has 0 aliphatic heterocycles. The number of anilines is 1. The number of aryl methyl sites for hydroxylation is 1. The lowest BCUT2D eigenvalue weighted by atomic mass is 10.1. The molecule has 128 valence electrons. The molecule has 0 radical (unpaired) electrons. The number of hydrogen-bond acceptors (Lipinski definition) is 3. The van der Waals surface area contributed by atoms with E-state index in [9.17, 15) is 14.4 Å². The minimum Gasteiger partial charge on any atom is -0.322 e. The summed E-state index contributed by atoms with van der Waals surface area (Å²) in [7, 11) is 0. The smallest absolute Gasteiger partial charge is 0.272 e. The molecular formula is C20H20N2O3. The number of ketones is 1. The molecule has 2 rings (SSSR count). The highest BCUT2D eigenvalue weighted by Gasteiger charge is 2.13. The number of hydrogen-bond donors (Lipinski definition) is 2. The van der Waals surface area contributed by atoms with E-state index in [4.69, 9.17) is 0 Å². The first-order valence-electron chi connectivity index (χ1n) is 7.84. The summed E-state index contributed by atoms with van der Waals surface area (Å²) in [6.07, 6.45) is 1.63.